The standard InChI is InChI=1S/C11H10BrFO2/c12-9-7(3-1-4-8(9)13)11(10(14)15)5-2-6-11/h1,3-4H,2,5-6H2,(H,14,15). The second-order valence-electron chi connectivity index (χ2n) is 3.84. The van der Waals surface area contributed by atoms with E-state index in [1.54, 1.807) is 12.1 Å². The van der Waals surface area contributed by atoms with Gasteiger partial charge in [-0.15, -0.1) is 0 Å². The van der Waals surface area contributed by atoms with Crippen molar-refractivity contribution in [3.05, 3.63) is 34.1 Å². The highest BCUT2D eigenvalue weighted by Gasteiger charge is 2.47. The molecule has 1 aromatic rings. The van der Waals surface area contributed by atoms with Crippen LogP contribution < -0.4 is 0 Å². The lowest BCUT2D eigenvalue weighted by molar-refractivity contribution is -0.147. The summed E-state index contributed by atoms with van der Waals surface area (Å²) in [6, 6.07) is 4.56. The van der Waals surface area contributed by atoms with Crippen molar-refractivity contribution in [2.75, 3.05) is 0 Å². The van der Waals surface area contributed by atoms with E-state index in [0.29, 0.717) is 18.4 Å². The molecular formula is C11H10BrFO2. The minimum Gasteiger partial charge on any atom is -0.481 e. The highest BCUT2D eigenvalue weighted by molar-refractivity contribution is 9.10. The highest BCUT2D eigenvalue weighted by atomic mass is 79.9. The summed E-state index contributed by atoms with van der Waals surface area (Å²) >= 11 is 3.12. The van der Waals surface area contributed by atoms with E-state index < -0.39 is 17.2 Å². The van der Waals surface area contributed by atoms with Gasteiger partial charge in [0.15, 0.2) is 0 Å². The molecule has 4 heteroatoms. The summed E-state index contributed by atoms with van der Waals surface area (Å²) < 4.78 is 13.6. The predicted molar refractivity (Wildman–Crippen MR) is 57.3 cm³/mol. The molecule has 0 bridgehead atoms. The van der Waals surface area contributed by atoms with Crippen LogP contribution in [0.25, 0.3) is 0 Å². The molecule has 0 atom stereocenters. The van der Waals surface area contributed by atoms with Crippen LogP contribution in [0.1, 0.15) is 24.8 Å². The summed E-state index contributed by atoms with van der Waals surface area (Å²) in [4.78, 5) is 11.2. The van der Waals surface area contributed by atoms with E-state index in [0.717, 1.165) is 6.42 Å². The van der Waals surface area contributed by atoms with Gasteiger partial charge in [0.05, 0.1) is 9.89 Å². The van der Waals surface area contributed by atoms with Gasteiger partial charge in [0.1, 0.15) is 5.82 Å². The van der Waals surface area contributed by atoms with Gasteiger partial charge >= 0.3 is 5.97 Å². The number of carboxylic acids is 1. The molecule has 1 saturated carbocycles. The van der Waals surface area contributed by atoms with E-state index in [4.69, 9.17) is 0 Å². The molecule has 2 nitrogen and oxygen atoms in total. The molecule has 1 N–H and O–H groups in total. The topological polar surface area (TPSA) is 37.3 Å². The molecule has 15 heavy (non-hydrogen) atoms. The Balaban J connectivity index is 2.53. The summed E-state index contributed by atoms with van der Waals surface area (Å²) in [5, 5.41) is 9.21. The summed E-state index contributed by atoms with van der Waals surface area (Å²) in [7, 11) is 0. The Morgan fingerprint density at radius 1 is 1.47 bits per heavy atom. The minimum atomic E-state index is -0.874. The molecule has 2 rings (SSSR count). The molecule has 0 radical (unpaired) electrons. The van der Waals surface area contributed by atoms with Gasteiger partial charge in [0.25, 0.3) is 0 Å². The fourth-order valence-electron chi connectivity index (χ4n) is 2.00. The number of benzene rings is 1. The molecule has 0 unspecified atom stereocenters. The first-order valence-electron chi connectivity index (χ1n) is 4.76. The molecule has 0 amide bonds. The number of halogens is 2. The highest BCUT2D eigenvalue weighted by Crippen LogP contribution is 2.46. The Morgan fingerprint density at radius 3 is 2.60 bits per heavy atom. The number of carboxylic acid groups (broad SMARTS) is 1. The maximum atomic E-state index is 13.3. The van der Waals surface area contributed by atoms with Crippen LogP contribution in [0, 0.1) is 5.82 Å². The number of aliphatic carboxylic acids is 1. The average Bonchev–Trinajstić information content (AvgIpc) is 2.09. The van der Waals surface area contributed by atoms with E-state index >= 15 is 0 Å². The first-order valence-corrected chi connectivity index (χ1v) is 5.55. The maximum Gasteiger partial charge on any atom is 0.314 e. The number of hydrogen-bond donors (Lipinski definition) is 1. The van der Waals surface area contributed by atoms with Crippen LogP contribution in [-0.4, -0.2) is 11.1 Å². The van der Waals surface area contributed by atoms with Crippen LogP contribution in [0.5, 0.6) is 0 Å². The first-order chi connectivity index (χ1) is 7.08. The normalized spacial score (nSPS) is 18.3. The lowest BCUT2D eigenvalue weighted by Crippen LogP contribution is -2.42. The summed E-state index contributed by atoms with van der Waals surface area (Å²) in [5.41, 5.74) is -0.317. The Bertz CT molecular complexity index is 413. The summed E-state index contributed by atoms with van der Waals surface area (Å²) in [6.45, 7) is 0. The third kappa shape index (κ3) is 1.47. The number of rotatable bonds is 2. The molecular weight excluding hydrogens is 263 g/mol. The third-order valence-electron chi connectivity index (χ3n) is 3.08. The fourth-order valence-corrected chi connectivity index (χ4v) is 2.65. The molecule has 0 saturated heterocycles. The number of carbonyl (C=O) groups is 1. The van der Waals surface area contributed by atoms with Gasteiger partial charge in [0.2, 0.25) is 0 Å². The van der Waals surface area contributed by atoms with E-state index in [1.807, 2.05) is 0 Å². The van der Waals surface area contributed by atoms with Gasteiger partial charge in [-0.1, -0.05) is 18.6 Å². The Hall–Kier alpha value is -0.900. The third-order valence-corrected chi connectivity index (χ3v) is 3.89. The Labute approximate surface area is 95.2 Å². The number of hydrogen-bond acceptors (Lipinski definition) is 1. The molecule has 1 aliphatic rings. The lowest BCUT2D eigenvalue weighted by Gasteiger charge is -2.38. The van der Waals surface area contributed by atoms with Gasteiger partial charge < -0.3 is 5.11 Å². The first kappa shape index (κ1) is 10.6. The summed E-state index contributed by atoms with van der Waals surface area (Å²) in [5.74, 6) is -1.26. The van der Waals surface area contributed by atoms with E-state index in [9.17, 15) is 14.3 Å². The van der Waals surface area contributed by atoms with Crippen LogP contribution in [0.3, 0.4) is 0 Å². The van der Waals surface area contributed by atoms with Gasteiger partial charge in [-0.3, -0.25) is 4.79 Å². The van der Waals surface area contributed by atoms with E-state index in [2.05, 4.69) is 15.9 Å². The molecule has 80 valence electrons. The van der Waals surface area contributed by atoms with Crippen molar-refractivity contribution in [2.24, 2.45) is 0 Å². The summed E-state index contributed by atoms with van der Waals surface area (Å²) in [6.07, 6.45) is 2.06. The fraction of sp³-hybridized carbons (Fsp3) is 0.364. The molecule has 0 aromatic heterocycles. The van der Waals surface area contributed by atoms with Crippen molar-refractivity contribution < 1.29 is 14.3 Å². The predicted octanol–water partition coefficient (Wildman–Crippen LogP) is 3.09. The monoisotopic (exact) mass is 272 g/mol. The minimum absolute atomic E-state index is 0.284. The molecule has 1 aromatic carbocycles. The largest absolute Gasteiger partial charge is 0.481 e. The van der Waals surface area contributed by atoms with Crippen LogP contribution in [0.15, 0.2) is 22.7 Å². The van der Waals surface area contributed by atoms with E-state index in [-0.39, 0.29) is 4.47 Å². The Kier molecular flexibility index (Phi) is 2.54. The second-order valence-corrected chi connectivity index (χ2v) is 4.64. The van der Waals surface area contributed by atoms with Crippen molar-refractivity contribution >= 4 is 21.9 Å². The van der Waals surface area contributed by atoms with Crippen LogP contribution in [-0.2, 0) is 10.2 Å². The smallest absolute Gasteiger partial charge is 0.314 e. The van der Waals surface area contributed by atoms with E-state index in [1.165, 1.54) is 6.07 Å². The molecule has 0 heterocycles. The van der Waals surface area contributed by atoms with Gasteiger partial charge in [0, 0.05) is 0 Å². The zero-order valence-corrected chi connectivity index (χ0v) is 9.55. The lowest BCUT2D eigenvalue weighted by atomic mass is 9.64. The SMILES string of the molecule is O=C(O)C1(c2cccc(F)c2Br)CCC1. The average molecular weight is 273 g/mol. The molecule has 0 spiro atoms. The zero-order valence-electron chi connectivity index (χ0n) is 7.96. The van der Waals surface area contributed by atoms with Crippen LogP contribution >= 0.6 is 15.9 Å². The van der Waals surface area contributed by atoms with Crippen molar-refractivity contribution in [1.82, 2.24) is 0 Å². The van der Waals surface area contributed by atoms with Crippen molar-refractivity contribution in [1.29, 1.82) is 0 Å². The molecule has 0 aliphatic heterocycles. The van der Waals surface area contributed by atoms with Gasteiger partial charge in [-0.25, -0.2) is 4.39 Å². The van der Waals surface area contributed by atoms with Gasteiger partial charge in [-0.05, 0) is 40.4 Å². The van der Waals surface area contributed by atoms with Crippen molar-refractivity contribution in [2.45, 2.75) is 24.7 Å². The van der Waals surface area contributed by atoms with Gasteiger partial charge in [-0.2, -0.15) is 0 Å². The molecule has 1 fully saturated rings. The maximum absolute atomic E-state index is 13.3. The van der Waals surface area contributed by atoms with Crippen LogP contribution in [0.4, 0.5) is 4.39 Å². The zero-order chi connectivity index (χ0) is 11.1. The quantitative estimate of drug-likeness (QED) is 0.899. The van der Waals surface area contributed by atoms with Crippen molar-refractivity contribution in [3.8, 4) is 0 Å². The Morgan fingerprint density at radius 2 is 2.13 bits per heavy atom. The second kappa shape index (κ2) is 3.59. The van der Waals surface area contributed by atoms with Crippen LogP contribution in [0.2, 0.25) is 0 Å². The van der Waals surface area contributed by atoms with Crippen molar-refractivity contribution in [3.63, 3.8) is 0 Å². The molecule has 1 aliphatic carbocycles.